The second-order valence-corrected chi connectivity index (χ2v) is 8.64. The van der Waals surface area contributed by atoms with E-state index >= 15 is 0 Å². The second-order valence-electron chi connectivity index (χ2n) is 8.64. The van der Waals surface area contributed by atoms with Gasteiger partial charge in [0.2, 0.25) is 5.91 Å². The first-order valence-electron chi connectivity index (χ1n) is 12.1. The normalized spacial score (nSPS) is 13.5. The summed E-state index contributed by atoms with van der Waals surface area (Å²) in [5, 5.41) is 5.37. The monoisotopic (exact) mass is 510 g/mol. The first kappa shape index (κ1) is 27.3. The van der Waals surface area contributed by atoms with E-state index in [-0.39, 0.29) is 25.4 Å². The largest absolute Gasteiger partial charge is 0.467 e. The number of carbonyl (C=O) groups is 3. The number of nitrogens with zero attached hydrogens (tertiary/aromatic N) is 1. The fourth-order valence-corrected chi connectivity index (χ4v) is 4.07. The van der Waals surface area contributed by atoms with Crippen molar-refractivity contribution in [3.05, 3.63) is 65.0 Å². The summed E-state index contributed by atoms with van der Waals surface area (Å²) in [6, 6.07) is 7.30. The van der Waals surface area contributed by atoms with E-state index in [2.05, 4.69) is 26.7 Å². The maximum atomic E-state index is 13.3. The lowest BCUT2D eigenvalue weighted by atomic mass is 9.96. The van der Waals surface area contributed by atoms with E-state index in [1.807, 2.05) is 42.6 Å². The van der Waals surface area contributed by atoms with Crippen LogP contribution < -0.4 is 22.1 Å². The van der Waals surface area contributed by atoms with Gasteiger partial charge in [-0.25, -0.2) is 9.59 Å². The van der Waals surface area contributed by atoms with E-state index in [1.54, 1.807) is 0 Å². The molecule has 0 saturated heterocycles. The Bertz CT molecular complexity index is 1120. The Labute approximate surface area is 215 Å². The summed E-state index contributed by atoms with van der Waals surface area (Å²) in [5.41, 5.74) is 14.5. The standard InChI is InChI=1S/C26H34N6O5/c1-36-24(34)21(12-7-13-29-25(27)28)31-23(33)22(14-18-15-30-20-11-6-5-10-19(18)20)32-26(35)37-16-17-8-3-2-4-9-17/h2-4,6,8-9,11,15,21-22,30H,5,7,10,12-14,16H2,1H3,(H,31,33)(H,32,35)(H4,27,28,29). The number of fused-ring (bicyclic) bond motifs is 1. The number of H-pyrrole nitrogens is 1. The highest BCUT2D eigenvalue weighted by molar-refractivity contribution is 5.90. The predicted molar refractivity (Wildman–Crippen MR) is 139 cm³/mol. The summed E-state index contributed by atoms with van der Waals surface area (Å²) < 4.78 is 10.2. The van der Waals surface area contributed by atoms with Crippen LogP contribution in [0, 0.1) is 0 Å². The average molecular weight is 511 g/mol. The van der Waals surface area contributed by atoms with Crippen molar-refractivity contribution in [2.24, 2.45) is 16.5 Å². The third kappa shape index (κ3) is 8.41. The van der Waals surface area contributed by atoms with Gasteiger partial charge in [0.05, 0.1) is 7.11 Å². The van der Waals surface area contributed by atoms with Gasteiger partial charge in [0.15, 0.2) is 5.96 Å². The number of hydrogen-bond donors (Lipinski definition) is 5. The van der Waals surface area contributed by atoms with Gasteiger partial charge in [-0.2, -0.15) is 0 Å². The van der Waals surface area contributed by atoms with Crippen molar-refractivity contribution in [2.75, 3.05) is 13.7 Å². The van der Waals surface area contributed by atoms with Crippen molar-refractivity contribution < 1.29 is 23.9 Å². The van der Waals surface area contributed by atoms with E-state index in [9.17, 15) is 14.4 Å². The Morgan fingerprint density at radius 3 is 2.65 bits per heavy atom. The zero-order valence-corrected chi connectivity index (χ0v) is 20.9. The van der Waals surface area contributed by atoms with Crippen LogP contribution in [0.5, 0.6) is 0 Å². The van der Waals surface area contributed by atoms with E-state index in [1.165, 1.54) is 7.11 Å². The molecule has 2 amide bonds. The Morgan fingerprint density at radius 1 is 1.14 bits per heavy atom. The van der Waals surface area contributed by atoms with Crippen molar-refractivity contribution in [1.82, 2.24) is 15.6 Å². The molecule has 0 fully saturated rings. The molecule has 0 spiro atoms. The minimum absolute atomic E-state index is 0.0541. The van der Waals surface area contributed by atoms with Gasteiger partial charge in [-0.1, -0.05) is 36.4 Å². The summed E-state index contributed by atoms with van der Waals surface area (Å²) >= 11 is 0. The van der Waals surface area contributed by atoms with Crippen LogP contribution >= 0.6 is 0 Å². The molecule has 2 unspecified atom stereocenters. The first-order valence-corrected chi connectivity index (χ1v) is 12.1. The fraction of sp³-hybridized carbons (Fsp3) is 0.385. The maximum Gasteiger partial charge on any atom is 0.408 e. The van der Waals surface area contributed by atoms with Gasteiger partial charge in [-0.15, -0.1) is 0 Å². The molecular weight excluding hydrogens is 476 g/mol. The molecule has 37 heavy (non-hydrogen) atoms. The lowest BCUT2D eigenvalue weighted by Crippen LogP contribution is -2.52. The lowest BCUT2D eigenvalue weighted by Gasteiger charge is -2.22. The molecule has 0 radical (unpaired) electrons. The SMILES string of the molecule is COC(=O)C(CCCN=C(N)N)NC(=O)C(Cc1c[nH]c2c1CCC=C2)NC(=O)OCc1ccccc1. The van der Waals surface area contributed by atoms with Crippen LogP contribution in [0.15, 0.2) is 47.6 Å². The summed E-state index contributed by atoms with van der Waals surface area (Å²) in [6.45, 7) is 0.350. The molecule has 1 heterocycles. The number of allylic oxidation sites excluding steroid dienone is 1. The van der Waals surface area contributed by atoms with Crippen molar-refractivity contribution >= 4 is 30.0 Å². The van der Waals surface area contributed by atoms with Gasteiger partial charge in [0.1, 0.15) is 18.7 Å². The molecule has 7 N–H and O–H groups in total. The molecular formula is C26H34N6O5. The Hall–Kier alpha value is -4.28. The number of aliphatic imine (C=N–C) groups is 1. The number of rotatable bonds is 12. The van der Waals surface area contributed by atoms with Crippen LogP contribution in [0.3, 0.4) is 0 Å². The Balaban J connectivity index is 1.71. The van der Waals surface area contributed by atoms with Crippen LogP contribution in [0.4, 0.5) is 4.79 Å². The molecule has 2 aromatic rings. The van der Waals surface area contributed by atoms with Gasteiger partial charge in [0.25, 0.3) is 0 Å². The third-order valence-corrected chi connectivity index (χ3v) is 5.95. The average Bonchev–Trinajstić information content (AvgIpc) is 3.31. The summed E-state index contributed by atoms with van der Waals surface area (Å²) in [4.78, 5) is 45.4. The number of aromatic nitrogens is 1. The fourth-order valence-electron chi connectivity index (χ4n) is 4.07. The van der Waals surface area contributed by atoms with Crippen molar-refractivity contribution in [2.45, 2.75) is 50.8 Å². The minimum atomic E-state index is -0.987. The van der Waals surface area contributed by atoms with Gasteiger partial charge in [0, 0.05) is 24.9 Å². The number of benzene rings is 1. The molecule has 1 aromatic carbocycles. The number of alkyl carbamates (subject to hydrolysis) is 1. The van der Waals surface area contributed by atoms with Crippen LogP contribution in [0.1, 0.15) is 41.6 Å². The third-order valence-electron chi connectivity index (χ3n) is 5.95. The van der Waals surface area contributed by atoms with Crippen LogP contribution in [-0.2, 0) is 38.5 Å². The molecule has 1 aromatic heterocycles. The van der Waals surface area contributed by atoms with Crippen LogP contribution in [-0.4, -0.2) is 54.7 Å². The van der Waals surface area contributed by atoms with E-state index in [0.717, 1.165) is 35.2 Å². The number of guanidine groups is 1. The van der Waals surface area contributed by atoms with Gasteiger partial charge >= 0.3 is 12.1 Å². The zero-order chi connectivity index (χ0) is 26.6. The van der Waals surface area contributed by atoms with Crippen LogP contribution in [0.2, 0.25) is 0 Å². The smallest absolute Gasteiger partial charge is 0.408 e. The number of methoxy groups -OCH3 is 1. The van der Waals surface area contributed by atoms with E-state index in [0.29, 0.717) is 13.0 Å². The highest BCUT2D eigenvalue weighted by atomic mass is 16.5. The Morgan fingerprint density at radius 2 is 1.92 bits per heavy atom. The van der Waals surface area contributed by atoms with Crippen molar-refractivity contribution in [3.63, 3.8) is 0 Å². The number of aromatic amines is 1. The number of nitrogens with one attached hydrogen (secondary N) is 3. The van der Waals surface area contributed by atoms with Crippen molar-refractivity contribution in [3.8, 4) is 0 Å². The van der Waals surface area contributed by atoms with Gasteiger partial charge in [-0.3, -0.25) is 9.79 Å². The van der Waals surface area contributed by atoms with E-state index in [4.69, 9.17) is 20.9 Å². The summed E-state index contributed by atoms with van der Waals surface area (Å²) in [5.74, 6) is -1.19. The topological polar surface area (TPSA) is 174 Å². The molecule has 2 atom stereocenters. The number of nitrogens with two attached hydrogens (primary N) is 2. The highest BCUT2D eigenvalue weighted by Gasteiger charge is 2.29. The molecule has 3 rings (SSSR count). The molecule has 1 aliphatic rings. The van der Waals surface area contributed by atoms with Crippen molar-refractivity contribution in [1.29, 1.82) is 0 Å². The molecule has 0 aliphatic heterocycles. The first-order chi connectivity index (χ1) is 17.9. The number of ether oxygens (including phenoxy) is 2. The molecule has 198 valence electrons. The minimum Gasteiger partial charge on any atom is -0.467 e. The Kier molecular flexibility index (Phi) is 10.1. The summed E-state index contributed by atoms with van der Waals surface area (Å²) in [6.07, 6.45) is 7.80. The number of hydrogen-bond acceptors (Lipinski definition) is 6. The number of carbonyl (C=O) groups excluding carboxylic acids is 3. The highest BCUT2D eigenvalue weighted by Crippen LogP contribution is 2.23. The molecule has 0 bridgehead atoms. The van der Waals surface area contributed by atoms with E-state index < -0.39 is 30.1 Å². The lowest BCUT2D eigenvalue weighted by molar-refractivity contribution is -0.145. The second kappa shape index (κ2) is 13.7. The molecule has 1 aliphatic carbocycles. The predicted octanol–water partition coefficient (Wildman–Crippen LogP) is 1.52. The number of amides is 2. The molecule has 0 saturated carbocycles. The number of esters is 1. The van der Waals surface area contributed by atoms with Crippen LogP contribution in [0.25, 0.3) is 6.08 Å². The summed E-state index contributed by atoms with van der Waals surface area (Å²) in [7, 11) is 1.24. The van der Waals surface area contributed by atoms with Gasteiger partial charge < -0.3 is 36.6 Å². The quantitative estimate of drug-likeness (QED) is 0.124. The molecule has 11 heteroatoms. The molecule has 11 nitrogen and oxygen atoms in total. The zero-order valence-electron chi connectivity index (χ0n) is 20.9. The van der Waals surface area contributed by atoms with Gasteiger partial charge in [-0.05, 0) is 48.4 Å². The maximum absolute atomic E-state index is 13.3.